The van der Waals surface area contributed by atoms with Crippen molar-refractivity contribution in [2.75, 3.05) is 39.3 Å². The van der Waals surface area contributed by atoms with Crippen LogP contribution in [0.1, 0.15) is 30.9 Å². The van der Waals surface area contributed by atoms with Gasteiger partial charge in [0.15, 0.2) is 0 Å². The Morgan fingerprint density at radius 1 is 1.11 bits per heavy atom. The van der Waals surface area contributed by atoms with Crippen LogP contribution in [0.2, 0.25) is 0 Å². The molecule has 7 heteroatoms. The first-order valence-corrected chi connectivity index (χ1v) is 10.5. The van der Waals surface area contributed by atoms with Crippen LogP contribution in [0.25, 0.3) is 0 Å². The standard InChI is InChI=1S/C21H31N5O2/c1-16-6-8-24(9-7-16)14-18-4-2-17(3-5-18)12-22-20(27)25-10-11-26-19(15-25)13-23-21(26)28/h2-5,16,19H,6-15H2,1H3,(H,22,27)(H,23,28). The van der Waals surface area contributed by atoms with E-state index in [1.165, 1.54) is 31.5 Å². The predicted octanol–water partition coefficient (Wildman–Crippen LogP) is 1.84. The summed E-state index contributed by atoms with van der Waals surface area (Å²) in [4.78, 5) is 30.3. The van der Waals surface area contributed by atoms with E-state index in [-0.39, 0.29) is 18.1 Å². The van der Waals surface area contributed by atoms with Crippen molar-refractivity contribution in [2.45, 2.75) is 38.9 Å². The van der Waals surface area contributed by atoms with Crippen molar-refractivity contribution in [3.63, 3.8) is 0 Å². The number of benzene rings is 1. The molecule has 3 fully saturated rings. The molecule has 4 rings (SSSR count). The molecule has 0 aromatic heterocycles. The Labute approximate surface area is 167 Å². The summed E-state index contributed by atoms with van der Waals surface area (Å²) in [5.74, 6) is 0.857. The number of hydrogen-bond acceptors (Lipinski definition) is 3. The van der Waals surface area contributed by atoms with E-state index in [0.717, 1.165) is 18.0 Å². The number of carbonyl (C=O) groups is 2. The van der Waals surface area contributed by atoms with Gasteiger partial charge in [0.25, 0.3) is 0 Å². The van der Waals surface area contributed by atoms with Gasteiger partial charge in [-0.15, -0.1) is 0 Å². The van der Waals surface area contributed by atoms with Crippen LogP contribution in [0, 0.1) is 5.92 Å². The van der Waals surface area contributed by atoms with E-state index in [0.29, 0.717) is 32.7 Å². The first-order chi connectivity index (χ1) is 13.6. The summed E-state index contributed by atoms with van der Waals surface area (Å²) in [5, 5.41) is 5.86. The van der Waals surface area contributed by atoms with E-state index >= 15 is 0 Å². The number of hydrogen-bond donors (Lipinski definition) is 2. The maximum atomic E-state index is 12.5. The highest BCUT2D eigenvalue weighted by molar-refractivity contribution is 5.78. The quantitative estimate of drug-likeness (QED) is 0.831. The van der Waals surface area contributed by atoms with Crippen LogP contribution in [0.15, 0.2) is 24.3 Å². The van der Waals surface area contributed by atoms with Gasteiger partial charge in [0, 0.05) is 39.3 Å². The van der Waals surface area contributed by atoms with Gasteiger partial charge in [0.1, 0.15) is 0 Å². The lowest BCUT2D eigenvalue weighted by Crippen LogP contribution is -2.55. The van der Waals surface area contributed by atoms with Crippen molar-refractivity contribution in [1.82, 2.24) is 25.3 Å². The Balaban J connectivity index is 1.22. The van der Waals surface area contributed by atoms with Gasteiger partial charge in [-0.2, -0.15) is 0 Å². The number of amides is 4. The zero-order valence-corrected chi connectivity index (χ0v) is 16.7. The van der Waals surface area contributed by atoms with Crippen molar-refractivity contribution in [3.05, 3.63) is 35.4 Å². The van der Waals surface area contributed by atoms with E-state index in [2.05, 4.69) is 46.7 Å². The molecule has 1 aromatic carbocycles. The monoisotopic (exact) mass is 385 g/mol. The van der Waals surface area contributed by atoms with E-state index in [1.807, 2.05) is 9.80 Å². The van der Waals surface area contributed by atoms with Gasteiger partial charge in [-0.25, -0.2) is 9.59 Å². The number of carbonyl (C=O) groups excluding carboxylic acids is 2. The highest BCUT2D eigenvalue weighted by atomic mass is 16.2. The van der Waals surface area contributed by atoms with Crippen molar-refractivity contribution < 1.29 is 9.59 Å². The SMILES string of the molecule is CC1CCN(Cc2ccc(CNC(=O)N3CCN4C(=O)NCC4C3)cc2)CC1. The smallest absolute Gasteiger partial charge is 0.317 e. The zero-order chi connectivity index (χ0) is 19.5. The van der Waals surface area contributed by atoms with Crippen LogP contribution < -0.4 is 10.6 Å². The number of likely N-dealkylation sites (tertiary alicyclic amines) is 1. The minimum absolute atomic E-state index is 0.00999. The average molecular weight is 386 g/mol. The van der Waals surface area contributed by atoms with Crippen LogP contribution in [0.3, 0.4) is 0 Å². The topological polar surface area (TPSA) is 67.9 Å². The Hall–Kier alpha value is -2.28. The lowest BCUT2D eigenvalue weighted by Gasteiger charge is -2.36. The maximum absolute atomic E-state index is 12.5. The second-order valence-corrected chi connectivity index (χ2v) is 8.41. The molecule has 0 bridgehead atoms. The third kappa shape index (κ3) is 4.41. The van der Waals surface area contributed by atoms with Gasteiger partial charge in [-0.1, -0.05) is 31.2 Å². The highest BCUT2D eigenvalue weighted by Crippen LogP contribution is 2.18. The van der Waals surface area contributed by atoms with Crippen LogP contribution in [0.4, 0.5) is 9.59 Å². The fourth-order valence-electron chi connectivity index (χ4n) is 4.32. The molecule has 3 saturated heterocycles. The minimum atomic E-state index is -0.0505. The Morgan fingerprint density at radius 2 is 1.82 bits per heavy atom. The number of fused-ring (bicyclic) bond motifs is 1. The third-order valence-electron chi connectivity index (χ3n) is 6.27. The Morgan fingerprint density at radius 3 is 2.57 bits per heavy atom. The van der Waals surface area contributed by atoms with Crippen LogP contribution in [-0.4, -0.2) is 72.1 Å². The van der Waals surface area contributed by atoms with E-state index < -0.39 is 0 Å². The van der Waals surface area contributed by atoms with Gasteiger partial charge in [0.2, 0.25) is 0 Å². The molecule has 152 valence electrons. The lowest BCUT2D eigenvalue weighted by molar-refractivity contribution is 0.129. The number of piperazine rings is 1. The number of nitrogens with zero attached hydrogens (tertiary/aromatic N) is 3. The molecule has 2 N–H and O–H groups in total. The van der Waals surface area contributed by atoms with Crippen LogP contribution >= 0.6 is 0 Å². The van der Waals surface area contributed by atoms with Gasteiger partial charge in [0.05, 0.1) is 6.04 Å². The van der Waals surface area contributed by atoms with Gasteiger partial charge < -0.3 is 20.4 Å². The predicted molar refractivity (Wildman–Crippen MR) is 108 cm³/mol. The second-order valence-electron chi connectivity index (χ2n) is 8.41. The molecule has 1 atom stereocenters. The molecule has 4 amide bonds. The number of urea groups is 2. The largest absolute Gasteiger partial charge is 0.336 e. The highest BCUT2D eigenvalue weighted by Gasteiger charge is 2.36. The molecule has 0 radical (unpaired) electrons. The van der Waals surface area contributed by atoms with Gasteiger partial charge >= 0.3 is 12.1 Å². The molecule has 3 aliphatic heterocycles. The summed E-state index contributed by atoms with van der Waals surface area (Å²) in [6.45, 7) is 8.67. The fraction of sp³-hybridized carbons (Fsp3) is 0.619. The molecule has 7 nitrogen and oxygen atoms in total. The van der Waals surface area contributed by atoms with Crippen LogP contribution in [-0.2, 0) is 13.1 Å². The molecule has 3 heterocycles. The normalized spacial score (nSPS) is 23.5. The molecule has 0 saturated carbocycles. The summed E-state index contributed by atoms with van der Waals surface area (Å²) in [7, 11) is 0. The molecule has 0 spiro atoms. The zero-order valence-electron chi connectivity index (χ0n) is 16.7. The van der Waals surface area contributed by atoms with Gasteiger partial charge in [-0.05, 0) is 43.0 Å². The second kappa shape index (κ2) is 8.39. The molecular formula is C21H31N5O2. The summed E-state index contributed by atoms with van der Waals surface area (Å²) >= 11 is 0. The van der Waals surface area contributed by atoms with Gasteiger partial charge in [-0.3, -0.25) is 4.90 Å². The van der Waals surface area contributed by atoms with Crippen molar-refractivity contribution >= 4 is 12.1 Å². The number of nitrogens with one attached hydrogen (secondary N) is 2. The first-order valence-electron chi connectivity index (χ1n) is 10.5. The first kappa shape index (κ1) is 19.1. The number of rotatable bonds is 4. The molecule has 1 unspecified atom stereocenters. The Kier molecular flexibility index (Phi) is 5.71. The molecule has 0 aliphatic carbocycles. The number of piperidine rings is 1. The third-order valence-corrected chi connectivity index (χ3v) is 6.27. The van der Waals surface area contributed by atoms with Crippen molar-refractivity contribution in [3.8, 4) is 0 Å². The van der Waals surface area contributed by atoms with Crippen molar-refractivity contribution in [2.24, 2.45) is 5.92 Å². The van der Waals surface area contributed by atoms with E-state index in [1.54, 1.807) is 0 Å². The van der Waals surface area contributed by atoms with Crippen molar-refractivity contribution in [1.29, 1.82) is 0 Å². The molecule has 28 heavy (non-hydrogen) atoms. The lowest BCUT2D eigenvalue weighted by atomic mass is 9.99. The summed E-state index contributed by atoms with van der Waals surface area (Å²) in [6, 6.07) is 8.61. The molecule has 1 aromatic rings. The summed E-state index contributed by atoms with van der Waals surface area (Å²) in [5.41, 5.74) is 2.44. The molecular weight excluding hydrogens is 354 g/mol. The summed E-state index contributed by atoms with van der Waals surface area (Å²) in [6.07, 6.45) is 2.59. The van der Waals surface area contributed by atoms with E-state index in [4.69, 9.17) is 0 Å². The summed E-state index contributed by atoms with van der Waals surface area (Å²) < 4.78 is 0. The maximum Gasteiger partial charge on any atom is 0.317 e. The fourth-order valence-corrected chi connectivity index (χ4v) is 4.32. The Bertz CT molecular complexity index is 699. The minimum Gasteiger partial charge on any atom is -0.336 e. The van der Waals surface area contributed by atoms with Crippen LogP contribution in [0.5, 0.6) is 0 Å². The molecule has 3 aliphatic rings. The van der Waals surface area contributed by atoms with E-state index in [9.17, 15) is 9.59 Å². The average Bonchev–Trinajstić information content (AvgIpc) is 3.09.